The van der Waals surface area contributed by atoms with E-state index >= 15 is 0 Å². The molecule has 0 heterocycles. The summed E-state index contributed by atoms with van der Waals surface area (Å²) in [5, 5.41) is 0. The van der Waals surface area contributed by atoms with Gasteiger partial charge >= 0.3 is 0 Å². The van der Waals surface area contributed by atoms with E-state index < -0.39 is 0 Å². The van der Waals surface area contributed by atoms with Gasteiger partial charge in [0.1, 0.15) is 0 Å². The van der Waals surface area contributed by atoms with Gasteiger partial charge in [-0.3, -0.25) is 0 Å². The molecule has 0 aliphatic rings. The van der Waals surface area contributed by atoms with Gasteiger partial charge in [-0.1, -0.05) is 30.3 Å². The highest BCUT2D eigenvalue weighted by atomic mass is 16.5. The van der Waals surface area contributed by atoms with Crippen LogP contribution in [0.5, 0.6) is 11.5 Å². The highest BCUT2D eigenvalue weighted by molar-refractivity contribution is 5.67. The molecule has 0 aliphatic heterocycles. The number of nitrogens with two attached hydrogens (primary N) is 1. The van der Waals surface area contributed by atoms with Gasteiger partial charge in [0, 0.05) is 6.04 Å². The first-order valence-electron chi connectivity index (χ1n) is 6.23. The molecule has 3 heteroatoms. The van der Waals surface area contributed by atoms with E-state index in [4.69, 9.17) is 15.2 Å². The lowest BCUT2D eigenvalue weighted by molar-refractivity contribution is 0.355. The molecule has 3 nitrogen and oxygen atoms in total. The molecule has 2 rings (SSSR count). The van der Waals surface area contributed by atoms with Crippen molar-refractivity contribution in [3.8, 4) is 22.6 Å². The quantitative estimate of drug-likeness (QED) is 0.913. The van der Waals surface area contributed by atoms with E-state index in [-0.39, 0.29) is 6.04 Å². The fourth-order valence-corrected chi connectivity index (χ4v) is 1.99. The van der Waals surface area contributed by atoms with Crippen molar-refractivity contribution in [2.24, 2.45) is 5.73 Å². The lowest BCUT2D eigenvalue weighted by atomic mass is 10.0. The minimum Gasteiger partial charge on any atom is -0.493 e. The topological polar surface area (TPSA) is 44.5 Å². The first-order chi connectivity index (χ1) is 9.15. The van der Waals surface area contributed by atoms with Crippen LogP contribution in [0, 0.1) is 0 Å². The monoisotopic (exact) mass is 257 g/mol. The van der Waals surface area contributed by atoms with Crippen LogP contribution in [0.4, 0.5) is 0 Å². The van der Waals surface area contributed by atoms with Crippen LogP contribution in [-0.4, -0.2) is 14.2 Å². The van der Waals surface area contributed by atoms with Gasteiger partial charge in [0.15, 0.2) is 11.5 Å². The Morgan fingerprint density at radius 1 is 0.842 bits per heavy atom. The highest BCUT2D eigenvalue weighted by Crippen LogP contribution is 2.32. The van der Waals surface area contributed by atoms with Gasteiger partial charge in [-0.05, 0) is 35.7 Å². The van der Waals surface area contributed by atoms with Crippen molar-refractivity contribution in [2.75, 3.05) is 14.2 Å². The normalized spacial score (nSPS) is 12.0. The number of ether oxygens (including phenoxy) is 2. The van der Waals surface area contributed by atoms with Gasteiger partial charge in [0.05, 0.1) is 14.2 Å². The number of benzene rings is 2. The molecule has 2 aromatic carbocycles. The zero-order valence-electron chi connectivity index (χ0n) is 11.5. The van der Waals surface area contributed by atoms with Crippen molar-refractivity contribution in [3.63, 3.8) is 0 Å². The summed E-state index contributed by atoms with van der Waals surface area (Å²) < 4.78 is 10.6. The van der Waals surface area contributed by atoms with Crippen molar-refractivity contribution < 1.29 is 9.47 Å². The second kappa shape index (κ2) is 5.76. The maximum absolute atomic E-state index is 5.85. The Balaban J connectivity index is 2.36. The molecule has 100 valence electrons. The first kappa shape index (κ1) is 13.4. The molecule has 19 heavy (non-hydrogen) atoms. The van der Waals surface area contributed by atoms with E-state index in [2.05, 4.69) is 24.3 Å². The van der Waals surface area contributed by atoms with E-state index in [1.807, 2.05) is 25.1 Å². The SMILES string of the molecule is COc1ccc(-c2ccc(C(C)N)cc2)cc1OC. The van der Waals surface area contributed by atoms with Crippen molar-refractivity contribution in [3.05, 3.63) is 48.0 Å². The molecule has 0 saturated heterocycles. The average molecular weight is 257 g/mol. The number of hydrogen-bond donors (Lipinski definition) is 1. The first-order valence-corrected chi connectivity index (χ1v) is 6.23. The van der Waals surface area contributed by atoms with Gasteiger partial charge in [-0.2, -0.15) is 0 Å². The molecule has 1 unspecified atom stereocenters. The molecular formula is C16H19NO2. The largest absolute Gasteiger partial charge is 0.493 e. The van der Waals surface area contributed by atoms with E-state index in [1.165, 1.54) is 0 Å². The van der Waals surface area contributed by atoms with Gasteiger partial charge < -0.3 is 15.2 Å². The fraction of sp³-hybridized carbons (Fsp3) is 0.250. The lowest BCUT2D eigenvalue weighted by Crippen LogP contribution is -2.04. The molecule has 1 atom stereocenters. The number of methoxy groups -OCH3 is 2. The Labute approximate surface area is 114 Å². The fourth-order valence-electron chi connectivity index (χ4n) is 1.99. The van der Waals surface area contributed by atoms with E-state index in [0.29, 0.717) is 0 Å². The Bertz CT molecular complexity index is 547. The van der Waals surface area contributed by atoms with Crippen LogP contribution in [-0.2, 0) is 0 Å². The number of rotatable bonds is 4. The van der Waals surface area contributed by atoms with Gasteiger partial charge in [-0.25, -0.2) is 0 Å². The summed E-state index contributed by atoms with van der Waals surface area (Å²) in [5.41, 5.74) is 9.20. The zero-order chi connectivity index (χ0) is 13.8. The summed E-state index contributed by atoms with van der Waals surface area (Å²) in [6.07, 6.45) is 0. The molecule has 0 aromatic heterocycles. The summed E-state index contributed by atoms with van der Waals surface area (Å²) in [6, 6.07) is 14.2. The molecule has 0 spiro atoms. The van der Waals surface area contributed by atoms with Crippen LogP contribution >= 0.6 is 0 Å². The molecule has 0 bridgehead atoms. The molecular weight excluding hydrogens is 238 g/mol. The Kier molecular flexibility index (Phi) is 4.07. The van der Waals surface area contributed by atoms with Crippen molar-refractivity contribution in [2.45, 2.75) is 13.0 Å². The molecule has 0 fully saturated rings. The summed E-state index contributed by atoms with van der Waals surface area (Å²) in [5.74, 6) is 1.47. The standard InChI is InChI=1S/C16H19NO2/c1-11(17)12-4-6-13(7-5-12)14-8-9-15(18-2)16(10-14)19-3/h4-11H,17H2,1-3H3. The predicted molar refractivity (Wildman–Crippen MR) is 77.6 cm³/mol. The van der Waals surface area contributed by atoms with Crippen LogP contribution in [0.2, 0.25) is 0 Å². The minimum atomic E-state index is 0.0550. The second-order valence-electron chi connectivity index (χ2n) is 4.48. The maximum atomic E-state index is 5.85. The smallest absolute Gasteiger partial charge is 0.161 e. The second-order valence-corrected chi connectivity index (χ2v) is 4.48. The maximum Gasteiger partial charge on any atom is 0.161 e. The third-order valence-electron chi connectivity index (χ3n) is 3.15. The predicted octanol–water partition coefficient (Wildman–Crippen LogP) is 3.39. The Morgan fingerprint density at radius 3 is 1.95 bits per heavy atom. The van der Waals surface area contributed by atoms with Gasteiger partial charge in [-0.15, -0.1) is 0 Å². The van der Waals surface area contributed by atoms with E-state index in [9.17, 15) is 0 Å². The van der Waals surface area contributed by atoms with Crippen molar-refractivity contribution >= 4 is 0 Å². The molecule has 2 N–H and O–H groups in total. The van der Waals surface area contributed by atoms with Crippen molar-refractivity contribution in [1.82, 2.24) is 0 Å². The Morgan fingerprint density at radius 2 is 1.42 bits per heavy atom. The zero-order valence-corrected chi connectivity index (χ0v) is 11.5. The summed E-state index contributed by atoms with van der Waals surface area (Å²) in [7, 11) is 3.27. The van der Waals surface area contributed by atoms with Crippen LogP contribution < -0.4 is 15.2 Å². The summed E-state index contributed by atoms with van der Waals surface area (Å²) in [6.45, 7) is 1.98. The highest BCUT2D eigenvalue weighted by Gasteiger charge is 2.06. The average Bonchev–Trinajstić information content (AvgIpc) is 2.46. The van der Waals surface area contributed by atoms with Crippen LogP contribution in [0.3, 0.4) is 0 Å². The summed E-state index contributed by atoms with van der Waals surface area (Å²) in [4.78, 5) is 0. The molecule has 0 amide bonds. The Hall–Kier alpha value is -2.00. The molecule has 0 aliphatic carbocycles. The molecule has 0 saturated carbocycles. The lowest BCUT2D eigenvalue weighted by Gasteiger charge is -2.11. The van der Waals surface area contributed by atoms with Gasteiger partial charge in [0.2, 0.25) is 0 Å². The minimum absolute atomic E-state index is 0.0550. The van der Waals surface area contributed by atoms with Crippen LogP contribution in [0.1, 0.15) is 18.5 Å². The molecule has 0 radical (unpaired) electrons. The third kappa shape index (κ3) is 2.88. The van der Waals surface area contributed by atoms with E-state index in [0.717, 1.165) is 28.2 Å². The number of hydrogen-bond acceptors (Lipinski definition) is 3. The third-order valence-corrected chi connectivity index (χ3v) is 3.15. The van der Waals surface area contributed by atoms with Crippen LogP contribution in [0.15, 0.2) is 42.5 Å². The molecule has 2 aromatic rings. The van der Waals surface area contributed by atoms with Gasteiger partial charge in [0.25, 0.3) is 0 Å². The van der Waals surface area contributed by atoms with Crippen molar-refractivity contribution in [1.29, 1.82) is 0 Å². The van der Waals surface area contributed by atoms with Crippen LogP contribution in [0.25, 0.3) is 11.1 Å². The summed E-state index contributed by atoms with van der Waals surface area (Å²) >= 11 is 0. The van der Waals surface area contributed by atoms with E-state index in [1.54, 1.807) is 14.2 Å².